The molecular formula is C14H15ClINS. The van der Waals surface area contributed by atoms with Gasteiger partial charge in [0.2, 0.25) is 0 Å². The first-order chi connectivity index (χ1) is 8.61. The summed E-state index contributed by atoms with van der Waals surface area (Å²) in [6.45, 7) is 5.20. The van der Waals surface area contributed by atoms with Gasteiger partial charge >= 0.3 is 0 Å². The van der Waals surface area contributed by atoms with Gasteiger partial charge in [-0.2, -0.15) is 0 Å². The fourth-order valence-electron chi connectivity index (χ4n) is 1.94. The zero-order chi connectivity index (χ0) is 13.1. The molecule has 0 aliphatic heterocycles. The number of hydrogen-bond acceptors (Lipinski definition) is 2. The van der Waals surface area contributed by atoms with E-state index in [1.807, 2.05) is 0 Å². The molecule has 1 unspecified atom stereocenters. The van der Waals surface area contributed by atoms with Gasteiger partial charge in [0.15, 0.2) is 0 Å². The molecule has 4 heteroatoms. The lowest BCUT2D eigenvalue weighted by Gasteiger charge is -2.18. The molecular weight excluding hydrogens is 377 g/mol. The molecule has 18 heavy (non-hydrogen) atoms. The quantitative estimate of drug-likeness (QED) is 0.722. The SMILES string of the molecule is CCNC(c1csc(C)c1)c1ccc(I)c(Cl)c1. The van der Waals surface area contributed by atoms with Crippen LogP contribution in [0.5, 0.6) is 0 Å². The van der Waals surface area contributed by atoms with Crippen LogP contribution in [0.2, 0.25) is 5.02 Å². The fraction of sp³-hybridized carbons (Fsp3) is 0.286. The van der Waals surface area contributed by atoms with Crippen molar-refractivity contribution in [2.24, 2.45) is 0 Å². The smallest absolute Gasteiger partial charge is 0.0585 e. The summed E-state index contributed by atoms with van der Waals surface area (Å²) < 4.78 is 1.09. The number of hydrogen-bond donors (Lipinski definition) is 1. The maximum absolute atomic E-state index is 6.22. The Labute approximate surface area is 131 Å². The summed E-state index contributed by atoms with van der Waals surface area (Å²) in [6, 6.07) is 8.75. The molecule has 1 heterocycles. The van der Waals surface area contributed by atoms with Crippen LogP contribution in [-0.2, 0) is 0 Å². The van der Waals surface area contributed by atoms with E-state index < -0.39 is 0 Å². The molecule has 0 radical (unpaired) electrons. The highest BCUT2D eigenvalue weighted by molar-refractivity contribution is 14.1. The molecule has 0 aliphatic carbocycles. The van der Waals surface area contributed by atoms with E-state index >= 15 is 0 Å². The molecule has 1 atom stereocenters. The zero-order valence-electron chi connectivity index (χ0n) is 10.3. The molecule has 0 saturated carbocycles. The number of benzene rings is 1. The second-order valence-electron chi connectivity index (χ2n) is 4.15. The Kier molecular flexibility index (Phi) is 5.06. The monoisotopic (exact) mass is 391 g/mol. The molecule has 1 aromatic carbocycles. The van der Waals surface area contributed by atoms with Crippen LogP contribution in [0.4, 0.5) is 0 Å². The minimum absolute atomic E-state index is 0.231. The largest absolute Gasteiger partial charge is 0.307 e. The lowest BCUT2D eigenvalue weighted by atomic mass is 10.0. The predicted octanol–water partition coefficient (Wildman–Crippen LogP) is 5.01. The molecule has 1 aromatic heterocycles. The first kappa shape index (κ1) is 14.3. The lowest BCUT2D eigenvalue weighted by Crippen LogP contribution is -2.21. The van der Waals surface area contributed by atoms with Crippen molar-refractivity contribution in [1.82, 2.24) is 5.32 Å². The van der Waals surface area contributed by atoms with E-state index in [2.05, 4.69) is 71.4 Å². The zero-order valence-corrected chi connectivity index (χ0v) is 14.1. The van der Waals surface area contributed by atoms with Crippen LogP contribution in [-0.4, -0.2) is 6.54 Å². The summed E-state index contributed by atoms with van der Waals surface area (Å²) in [5.41, 5.74) is 2.54. The van der Waals surface area contributed by atoms with Crippen molar-refractivity contribution in [3.63, 3.8) is 0 Å². The van der Waals surface area contributed by atoms with E-state index in [0.29, 0.717) is 0 Å². The minimum atomic E-state index is 0.231. The molecule has 0 spiro atoms. The lowest BCUT2D eigenvalue weighted by molar-refractivity contribution is 0.632. The standard InChI is InChI=1S/C14H15ClINS/c1-3-17-14(11-6-9(2)18-8-11)10-4-5-13(16)12(15)7-10/h4-8,14,17H,3H2,1-2H3. The molecule has 0 saturated heterocycles. The third kappa shape index (κ3) is 3.26. The maximum Gasteiger partial charge on any atom is 0.0585 e. The Hall–Kier alpha value is -0.100. The van der Waals surface area contributed by atoms with Crippen molar-refractivity contribution in [1.29, 1.82) is 0 Å². The summed E-state index contributed by atoms with van der Waals surface area (Å²) in [5, 5.41) is 6.56. The predicted molar refractivity (Wildman–Crippen MR) is 88.7 cm³/mol. The highest BCUT2D eigenvalue weighted by Gasteiger charge is 2.15. The van der Waals surface area contributed by atoms with Gasteiger partial charge in [0.1, 0.15) is 0 Å². The fourth-order valence-corrected chi connectivity index (χ4v) is 3.19. The van der Waals surface area contributed by atoms with Crippen LogP contribution >= 0.6 is 45.5 Å². The first-order valence-corrected chi connectivity index (χ1v) is 8.18. The maximum atomic E-state index is 6.22. The van der Waals surface area contributed by atoms with Crippen LogP contribution in [0.3, 0.4) is 0 Å². The van der Waals surface area contributed by atoms with Crippen molar-refractivity contribution in [2.45, 2.75) is 19.9 Å². The van der Waals surface area contributed by atoms with Gasteiger partial charge in [0, 0.05) is 8.45 Å². The van der Waals surface area contributed by atoms with Gasteiger partial charge in [-0.3, -0.25) is 0 Å². The second kappa shape index (κ2) is 6.37. The van der Waals surface area contributed by atoms with E-state index in [0.717, 1.165) is 15.1 Å². The highest BCUT2D eigenvalue weighted by atomic mass is 127. The molecule has 0 fully saturated rings. The van der Waals surface area contributed by atoms with Gasteiger partial charge in [-0.25, -0.2) is 0 Å². The molecule has 0 amide bonds. The van der Waals surface area contributed by atoms with Gasteiger partial charge in [0.05, 0.1) is 11.1 Å². The molecule has 0 aliphatic rings. The van der Waals surface area contributed by atoms with E-state index in [1.54, 1.807) is 11.3 Å². The summed E-state index contributed by atoms with van der Waals surface area (Å²) in [4.78, 5) is 1.34. The third-order valence-electron chi connectivity index (χ3n) is 2.77. The molecule has 1 nitrogen and oxygen atoms in total. The van der Waals surface area contributed by atoms with Crippen LogP contribution in [0.1, 0.15) is 29.0 Å². The van der Waals surface area contributed by atoms with Crippen LogP contribution in [0, 0.1) is 10.5 Å². The van der Waals surface area contributed by atoms with Gasteiger partial charge in [-0.05, 0) is 70.8 Å². The van der Waals surface area contributed by atoms with E-state index in [1.165, 1.54) is 16.0 Å². The summed E-state index contributed by atoms with van der Waals surface area (Å²) in [6.07, 6.45) is 0. The van der Waals surface area contributed by atoms with E-state index in [-0.39, 0.29) is 6.04 Å². The molecule has 2 aromatic rings. The van der Waals surface area contributed by atoms with Gasteiger partial charge < -0.3 is 5.32 Å². The van der Waals surface area contributed by atoms with Crippen molar-refractivity contribution in [3.05, 3.63) is 54.2 Å². The normalized spacial score (nSPS) is 12.7. The average molecular weight is 392 g/mol. The van der Waals surface area contributed by atoms with Crippen molar-refractivity contribution in [2.75, 3.05) is 6.54 Å². The van der Waals surface area contributed by atoms with E-state index in [4.69, 9.17) is 11.6 Å². The number of thiophene rings is 1. The number of halogens is 2. The second-order valence-corrected chi connectivity index (χ2v) is 6.84. The molecule has 1 N–H and O–H groups in total. The van der Waals surface area contributed by atoms with E-state index in [9.17, 15) is 0 Å². The number of nitrogens with one attached hydrogen (secondary N) is 1. The van der Waals surface area contributed by atoms with Crippen LogP contribution < -0.4 is 5.32 Å². The van der Waals surface area contributed by atoms with Crippen molar-refractivity contribution in [3.8, 4) is 0 Å². The number of aryl methyl sites for hydroxylation is 1. The van der Waals surface area contributed by atoms with Crippen LogP contribution in [0.25, 0.3) is 0 Å². The van der Waals surface area contributed by atoms with Gasteiger partial charge in [-0.1, -0.05) is 24.6 Å². The Morgan fingerprint density at radius 2 is 2.11 bits per heavy atom. The van der Waals surface area contributed by atoms with Gasteiger partial charge in [-0.15, -0.1) is 11.3 Å². The first-order valence-electron chi connectivity index (χ1n) is 5.85. The molecule has 96 valence electrons. The number of rotatable bonds is 4. The Balaban J connectivity index is 2.37. The molecule has 0 bridgehead atoms. The highest BCUT2D eigenvalue weighted by Crippen LogP contribution is 2.29. The Morgan fingerprint density at radius 3 is 2.67 bits per heavy atom. The Morgan fingerprint density at radius 1 is 1.33 bits per heavy atom. The summed E-state index contributed by atoms with van der Waals surface area (Å²) >= 11 is 10.3. The third-order valence-corrected chi connectivity index (χ3v) is 5.22. The Bertz CT molecular complexity index is 538. The summed E-state index contributed by atoms with van der Waals surface area (Å²) in [7, 11) is 0. The van der Waals surface area contributed by atoms with Crippen LogP contribution in [0.15, 0.2) is 29.6 Å². The molecule has 2 rings (SSSR count). The average Bonchev–Trinajstić information content (AvgIpc) is 2.76. The summed E-state index contributed by atoms with van der Waals surface area (Å²) in [5.74, 6) is 0. The minimum Gasteiger partial charge on any atom is -0.307 e. The topological polar surface area (TPSA) is 12.0 Å². The van der Waals surface area contributed by atoms with Gasteiger partial charge in [0.25, 0.3) is 0 Å². The van der Waals surface area contributed by atoms with Crippen molar-refractivity contribution < 1.29 is 0 Å². The van der Waals surface area contributed by atoms with Crippen molar-refractivity contribution >= 4 is 45.5 Å².